The van der Waals surface area contributed by atoms with Gasteiger partial charge in [-0.25, -0.2) is 4.79 Å². The number of carbonyl (C=O) groups is 2. The minimum absolute atomic E-state index is 0.0550. The molecule has 0 bridgehead atoms. The Morgan fingerprint density at radius 3 is 2.65 bits per heavy atom. The minimum atomic E-state index is -1.09. The molecule has 112 valence electrons. The first-order valence-electron chi connectivity index (χ1n) is 7.04. The quantitative estimate of drug-likeness (QED) is 0.716. The van der Waals surface area contributed by atoms with Gasteiger partial charge in [0.2, 0.25) is 5.91 Å². The maximum atomic E-state index is 12.0. The second-order valence-electron chi connectivity index (χ2n) is 5.07. The highest BCUT2D eigenvalue weighted by Gasteiger charge is 2.18. The molecule has 2 N–H and O–H groups in total. The van der Waals surface area contributed by atoms with Crippen molar-refractivity contribution in [3.8, 4) is 0 Å². The number of carboxylic acid groups (broad SMARTS) is 1. The van der Waals surface area contributed by atoms with Crippen molar-refractivity contribution in [2.75, 3.05) is 0 Å². The van der Waals surface area contributed by atoms with Crippen LogP contribution in [0.15, 0.2) is 12.3 Å². The Kier molecular flexibility index (Phi) is 6.21. The molecule has 1 aromatic heterocycles. The lowest BCUT2D eigenvalue weighted by Crippen LogP contribution is -2.37. The molecule has 2 unspecified atom stereocenters. The number of hydrogen-bond acceptors (Lipinski definition) is 3. The van der Waals surface area contributed by atoms with Crippen LogP contribution in [-0.2, 0) is 4.79 Å². The first-order chi connectivity index (χ1) is 9.45. The van der Waals surface area contributed by atoms with Gasteiger partial charge in [-0.1, -0.05) is 26.2 Å². The van der Waals surface area contributed by atoms with E-state index in [0.29, 0.717) is 0 Å². The van der Waals surface area contributed by atoms with Gasteiger partial charge in [-0.3, -0.25) is 9.48 Å². The zero-order valence-electron chi connectivity index (χ0n) is 12.3. The Bertz CT molecular complexity index is 456. The van der Waals surface area contributed by atoms with Crippen LogP contribution in [0.4, 0.5) is 0 Å². The minimum Gasteiger partial charge on any atom is -0.476 e. The molecule has 0 aliphatic heterocycles. The summed E-state index contributed by atoms with van der Waals surface area (Å²) in [6.07, 6.45) is 5.87. The average Bonchev–Trinajstić information content (AvgIpc) is 2.87. The smallest absolute Gasteiger partial charge is 0.356 e. The molecule has 0 radical (unpaired) electrons. The molecule has 1 heterocycles. The van der Waals surface area contributed by atoms with Crippen molar-refractivity contribution in [2.45, 2.75) is 58.5 Å². The molecule has 0 aliphatic carbocycles. The van der Waals surface area contributed by atoms with Gasteiger partial charge in [0.1, 0.15) is 6.04 Å². The fourth-order valence-electron chi connectivity index (χ4n) is 1.92. The third-order valence-corrected chi connectivity index (χ3v) is 3.23. The van der Waals surface area contributed by atoms with Crippen LogP contribution >= 0.6 is 0 Å². The monoisotopic (exact) mass is 281 g/mol. The van der Waals surface area contributed by atoms with E-state index in [1.807, 2.05) is 6.92 Å². The van der Waals surface area contributed by atoms with Crippen molar-refractivity contribution in [3.63, 3.8) is 0 Å². The molecular weight excluding hydrogens is 258 g/mol. The normalized spacial score (nSPS) is 13.8. The van der Waals surface area contributed by atoms with Gasteiger partial charge in [0.05, 0.1) is 0 Å². The van der Waals surface area contributed by atoms with Crippen molar-refractivity contribution in [1.29, 1.82) is 0 Å². The summed E-state index contributed by atoms with van der Waals surface area (Å²) < 4.78 is 1.37. The predicted molar refractivity (Wildman–Crippen MR) is 75.6 cm³/mol. The van der Waals surface area contributed by atoms with Crippen LogP contribution in [0.1, 0.15) is 63.0 Å². The SMILES string of the molecule is CCCCCC(C)NC(=O)C(C)n1ccc(C(=O)O)n1. The number of aromatic carboxylic acids is 1. The molecule has 6 nitrogen and oxygen atoms in total. The largest absolute Gasteiger partial charge is 0.476 e. The molecule has 1 aromatic rings. The Morgan fingerprint density at radius 1 is 1.40 bits per heavy atom. The zero-order valence-corrected chi connectivity index (χ0v) is 12.3. The fraction of sp³-hybridized carbons (Fsp3) is 0.643. The first kappa shape index (κ1) is 16.2. The molecule has 0 saturated heterocycles. The van der Waals surface area contributed by atoms with E-state index in [0.717, 1.165) is 25.7 Å². The van der Waals surface area contributed by atoms with Crippen molar-refractivity contribution in [2.24, 2.45) is 0 Å². The second-order valence-corrected chi connectivity index (χ2v) is 5.07. The molecule has 0 aliphatic rings. The summed E-state index contributed by atoms with van der Waals surface area (Å²) in [7, 11) is 0. The number of unbranched alkanes of at least 4 members (excludes halogenated alkanes) is 2. The van der Waals surface area contributed by atoms with Gasteiger partial charge in [-0.15, -0.1) is 0 Å². The lowest BCUT2D eigenvalue weighted by atomic mass is 10.1. The number of aromatic nitrogens is 2. The summed E-state index contributed by atoms with van der Waals surface area (Å²) in [4.78, 5) is 22.8. The highest BCUT2D eigenvalue weighted by atomic mass is 16.4. The van der Waals surface area contributed by atoms with Crippen LogP contribution in [0.5, 0.6) is 0 Å². The van der Waals surface area contributed by atoms with Gasteiger partial charge in [-0.2, -0.15) is 5.10 Å². The summed E-state index contributed by atoms with van der Waals surface area (Å²) in [5.41, 5.74) is -0.0550. The zero-order chi connectivity index (χ0) is 15.1. The average molecular weight is 281 g/mol. The van der Waals surface area contributed by atoms with Crippen molar-refractivity contribution < 1.29 is 14.7 Å². The van der Waals surface area contributed by atoms with E-state index in [-0.39, 0.29) is 17.6 Å². The highest BCUT2D eigenvalue weighted by Crippen LogP contribution is 2.08. The molecular formula is C14H23N3O3. The van der Waals surface area contributed by atoms with E-state index in [2.05, 4.69) is 17.3 Å². The van der Waals surface area contributed by atoms with Gasteiger partial charge in [-0.05, 0) is 26.3 Å². The maximum absolute atomic E-state index is 12.0. The van der Waals surface area contributed by atoms with Crippen molar-refractivity contribution in [1.82, 2.24) is 15.1 Å². The van der Waals surface area contributed by atoms with Crippen molar-refractivity contribution in [3.05, 3.63) is 18.0 Å². The lowest BCUT2D eigenvalue weighted by Gasteiger charge is -2.17. The standard InChI is InChI=1S/C14H23N3O3/c1-4-5-6-7-10(2)15-13(18)11(3)17-9-8-12(16-17)14(19)20/h8-11H,4-7H2,1-3H3,(H,15,18)(H,19,20). The van der Waals surface area contributed by atoms with Gasteiger partial charge < -0.3 is 10.4 Å². The summed E-state index contributed by atoms with van der Waals surface area (Å²) in [6, 6.07) is 0.985. The van der Waals surface area contributed by atoms with Crippen LogP contribution in [0, 0.1) is 0 Å². The number of hydrogen-bond donors (Lipinski definition) is 2. The number of nitrogens with zero attached hydrogens (tertiary/aromatic N) is 2. The van der Waals surface area contributed by atoms with Gasteiger partial charge in [0, 0.05) is 12.2 Å². The molecule has 1 amide bonds. The number of carbonyl (C=O) groups excluding carboxylic acids is 1. The molecule has 0 saturated carbocycles. The van der Waals surface area contributed by atoms with Crippen LogP contribution in [0.25, 0.3) is 0 Å². The Labute approximate surface area is 119 Å². The molecule has 0 fully saturated rings. The van der Waals surface area contributed by atoms with Crippen LogP contribution in [-0.4, -0.2) is 32.8 Å². The molecule has 2 atom stereocenters. The second kappa shape index (κ2) is 7.67. The molecule has 1 rings (SSSR count). The van der Waals surface area contributed by atoms with E-state index in [9.17, 15) is 9.59 Å². The molecule has 20 heavy (non-hydrogen) atoms. The Hall–Kier alpha value is -1.85. The van der Waals surface area contributed by atoms with E-state index in [1.165, 1.54) is 16.9 Å². The Morgan fingerprint density at radius 2 is 2.10 bits per heavy atom. The van der Waals surface area contributed by atoms with Gasteiger partial charge in [0.15, 0.2) is 5.69 Å². The van der Waals surface area contributed by atoms with E-state index < -0.39 is 12.0 Å². The summed E-state index contributed by atoms with van der Waals surface area (Å²) in [5, 5.41) is 15.6. The van der Waals surface area contributed by atoms with Crippen LogP contribution in [0.3, 0.4) is 0 Å². The van der Waals surface area contributed by atoms with E-state index in [4.69, 9.17) is 5.11 Å². The summed E-state index contributed by atoms with van der Waals surface area (Å²) in [5.74, 6) is -1.24. The van der Waals surface area contributed by atoms with Gasteiger partial charge >= 0.3 is 5.97 Å². The van der Waals surface area contributed by atoms with Crippen LogP contribution < -0.4 is 5.32 Å². The fourth-order valence-corrected chi connectivity index (χ4v) is 1.92. The predicted octanol–water partition coefficient (Wildman–Crippen LogP) is 2.23. The number of nitrogens with one attached hydrogen (secondary N) is 1. The summed E-state index contributed by atoms with van der Waals surface area (Å²) in [6.45, 7) is 5.82. The highest BCUT2D eigenvalue weighted by molar-refractivity contribution is 5.85. The third kappa shape index (κ3) is 4.68. The van der Waals surface area contributed by atoms with Crippen molar-refractivity contribution >= 4 is 11.9 Å². The van der Waals surface area contributed by atoms with E-state index >= 15 is 0 Å². The van der Waals surface area contributed by atoms with Gasteiger partial charge in [0.25, 0.3) is 0 Å². The molecule has 0 aromatic carbocycles. The summed E-state index contributed by atoms with van der Waals surface area (Å²) >= 11 is 0. The van der Waals surface area contributed by atoms with E-state index in [1.54, 1.807) is 6.92 Å². The number of carboxylic acids is 1. The molecule has 6 heteroatoms. The maximum Gasteiger partial charge on any atom is 0.356 e. The molecule has 0 spiro atoms. The Balaban J connectivity index is 2.51. The first-order valence-corrected chi connectivity index (χ1v) is 7.04. The number of amides is 1. The number of rotatable bonds is 8. The lowest BCUT2D eigenvalue weighted by molar-refractivity contribution is -0.124. The van der Waals surface area contributed by atoms with Crippen LogP contribution in [0.2, 0.25) is 0 Å². The third-order valence-electron chi connectivity index (χ3n) is 3.23. The topological polar surface area (TPSA) is 84.2 Å².